The summed E-state index contributed by atoms with van der Waals surface area (Å²) in [5, 5.41) is 5.89. The number of nitrogens with one attached hydrogen (secondary N) is 2. The van der Waals surface area contributed by atoms with E-state index < -0.39 is 0 Å². The Kier molecular flexibility index (Phi) is 6.81. The second kappa shape index (κ2) is 8.42. The predicted octanol–water partition coefficient (Wildman–Crippen LogP) is 0.980. The van der Waals surface area contributed by atoms with Crippen molar-refractivity contribution in [3.05, 3.63) is 18.1 Å². The van der Waals surface area contributed by atoms with Crippen LogP contribution in [0.4, 0.5) is 5.82 Å². The third kappa shape index (κ3) is 5.21. The van der Waals surface area contributed by atoms with Gasteiger partial charge >= 0.3 is 0 Å². The average molecular weight is 265 g/mol. The Hall–Kier alpha value is -1.69. The Morgan fingerprint density at radius 1 is 1.26 bits per heavy atom. The van der Waals surface area contributed by atoms with E-state index in [0.717, 1.165) is 26.2 Å². The number of anilines is 1. The molecule has 0 bridgehead atoms. The summed E-state index contributed by atoms with van der Waals surface area (Å²) < 4.78 is 0. The highest BCUT2D eigenvalue weighted by molar-refractivity contribution is 5.92. The van der Waals surface area contributed by atoms with E-state index in [-0.39, 0.29) is 5.91 Å². The third-order valence-corrected chi connectivity index (χ3v) is 2.83. The predicted molar refractivity (Wildman–Crippen MR) is 76.3 cm³/mol. The first-order valence-corrected chi connectivity index (χ1v) is 6.77. The SMILES string of the molecule is CCNc1cncc(C(=O)NCCN(CC)CC)n1. The van der Waals surface area contributed by atoms with Gasteiger partial charge in [0.2, 0.25) is 0 Å². The lowest BCUT2D eigenvalue weighted by atomic mass is 10.4. The van der Waals surface area contributed by atoms with E-state index in [0.29, 0.717) is 18.1 Å². The summed E-state index contributed by atoms with van der Waals surface area (Å²) in [4.78, 5) is 22.4. The van der Waals surface area contributed by atoms with Crippen LogP contribution in [-0.4, -0.2) is 53.5 Å². The van der Waals surface area contributed by atoms with Gasteiger partial charge in [-0.25, -0.2) is 4.98 Å². The Morgan fingerprint density at radius 2 is 2.00 bits per heavy atom. The number of likely N-dealkylation sites (N-methyl/N-ethyl adjacent to an activating group) is 1. The number of amides is 1. The van der Waals surface area contributed by atoms with Crippen LogP contribution in [0.15, 0.2) is 12.4 Å². The Balaban J connectivity index is 2.46. The van der Waals surface area contributed by atoms with Crippen molar-refractivity contribution in [3.8, 4) is 0 Å². The van der Waals surface area contributed by atoms with Crippen LogP contribution in [0.5, 0.6) is 0 Å². The van der Waals surface area contributed by atoms with E-state index in [1.54, 1.807) is 6.20 Å². The van der Waals surface area contributed by atoms with Crippen LogP contribution in [0.1, 0.15) is 31.3 Å². The first-order chi connectivity index (χ1) is 9.21. The fraction of sp³-hybridized carbons (Fsp3) is 0.615. The molecule has 0 radical (unpaired) electrons. The summed E-state index contributed by atoms with van der Waals surface area (Å²) in [6.45, 7) is 10.4. The van der Waals surface area contributed by atoms with Gasteiger partial charge in [0.15, 0.2) is 0 Å². The molecule has 1 amide bonds. The molecule has 1 aromatic heterocycles. The molecule has 19 heavy (non-hydrogen) atoms. The summed E-state index contributed by atoms with van der Waals surface area (Å²) in [5.74, 6) is 0.443. The molecule has 1 heterocycles. The maximum absolute atomic E-state index is 11.9. The van der Waals surface area contributed by atoms with E-state index in [4.69, 9.17) is 0 Å². The van der Waals surface area contributed by atoms with Gasteiger partial charge < -0.3 is 15.5 Å². The number of rotatable bonds is 8. The van der Waals surface area contributed by atoms with Crippen molar-refractivity contribution in [2.75, 3.05) is 38.0 Å². The Morgan fingerprint density at radius 3 is 2.63 bits per heavy atom. The summed E-state index contributed by atoms with van der Waals surface area (Å²) in [6, 6.07) is 0. The smallest absolute Gasteiger partial charge is 0.271 e. The number of carbonyl (C=O) groups is 1. The molecule has 0 unspecified atom stereocenters. The quantitative estimate of drug-likeness (QED) is 0.733. The molecule has 0 saturated carbocycles. The van der Waals surface area contributed by atoms with Gasteiger partial charge in [0, 0.05) is 19.6 Å². The standard InChI is InChI=1S/C13H23N5O/c1-4-15-12-10-14-9-11(17-12)13(19)16-7-8-18(5-2)6-3/h9-10H,4-8H2,1-3H3,(H,15,17)(H,16,19). The maximum Gasteiger partial charge on any atom is 0.271 e. The van der Waals surface area contributed by atoms with Crippen LogP contribution in [0.25, 0.3) is 0 Å². The second-order valence-corrected chi connectivity index (χ2v) is 4.10. The third-order valence-electron chi connectivity index (χ3n) is 2.83. The average Bonchev–Trinajstić information content (AvgIpc) is 2.44. The zero-order chi connectivity index (χ0) is 14.1. The van der Waals surface area contributed by atoms with Gasteiger partial charge in [0.1, 0.15) is 11.5 Å². The van der Waals surface area contributed by atoms with Crippen LogP contribution in [0.3, 0.4) is 0 Å². The number of hydrogen-bond donors (Lipinski definition) is 2. The van der Waals surface area contributed by atoms with Crippen LogP contribution in [0.2, 0.25) is 0 Å². The van der Waals surface area contributed by atoms with Crippen molar-refractivity contribution in [1.29, 1.82) is 0 Å². The molecule has 1 rings (SSSR count). The van der Waals surface area contributed by atoms with E-state index >= 15 is 0 Å². The molecule has 6 nitrogen and oxygen atoms in total. The molecule has 0 saturated heterocycles. The van der Waals surface area contributed by atoms with Crippen LogP contribution < -0.4 is 10.6 Å². The van der Waals surface area contributed by atoms with E-state index in [1.165, 1.54) is 6.20 Å². The molecule has 2 N–H and O–H groups in total. The second-order valence-electron chi connectivity index (χ2n) is 4.10. The molecule has 1 aromatic rings. The monoisotopic (exact) mass is 265 g/mol. The van der Waals surface area contributed by atoms with Crippen LogP contribution >= 0.6 is 0 Å². The van der Waals surface area contributed by atoms with Crippen molar-refractivity contribution in [3.63, 3.8) is 0 Å². The lowest BCUT2D eigenvalue weighted by molar-refractivity contribution is 0.0943. The van der Waals surface area contributed by atoms with Gasteiger partial charge in [-0.05, 0) is 20.0 Å². The largest absolute Gasteiger partial charge is 0.369 e. The van der Waals surface area contributed by atoms with E-state index in [9.17, 15) is 4.79 Å². The van der Waals surface area contributed by atoms with Crippen LogP contribution in [-0.2, 0) is 0 Å². The molecule has 0 aliphatic heterocycles. The summed E-state index contributed by atoms with van der Waals surface area (Å²) in [7, 11) is 0. The number of hydrogen-bond acceptors (Lipinski definition) is 5. The maximum atomic E-state index is 11.9. The van der Waals surface area contributed by atoms with Gasteiger partial charge in [0.05, 0.1) is 12.4 Å². The first kappa shape index (κ1) is 15.4. The molecule has 6 heteroatoms. The number of carbonyl (C=O) groups excluding carboxylic acids is 1. The molecular weight excluding hydrogens is 242 g/mol. The van der Waals surface area contributed by atoms with Gasteiger partial charge in [-0.3, -0.25) is 9.78 Å². The minimum atomic E-state index is -0.181. The van der Waals surface area contributed by atoms with Crippen molar-refractivity contribution in [2.24, 2.45) is 0 Å². The van der Waals surface area contributed by atoms with Crippen molar-refractivity contribution >= 4 is 11.7 Å². The first-order valence-electron chi connectivity index (χ1n) is 6.77. The van der Waals surface area contributed by atoms with Gasteiger partial charge in [-0.2, -0.15) is 0 Å². The zero-order valence-electron chi connectivity index (χ0n) is 11.9. The molecule has 0 aromatic carbocycles. The van der Waals surface area contributed by atoms with Gasteiger partial charge in [0.25, 0.3) is 5.91 Å². The Labute approximate surface area is 114 Å². The van der Waals surface area contributed by atoms with Crippen LogP contribution in [0, 0.1) is 0 Å². The molecule has 106 valence electrons. The number of aromatic nitrogens is 2. The van der Waals surface area contributed by atoms with Crippen molar-refractivity contribution in [2.45, 2.75) is 20.8 Å². The summed E-state index contributed by atoms with van der Waals surface area (Å²) in [5.41, 5.74) is 0.345. The zero-order valence-corrected chi connectivity index (χ0v) is 11.9. The minimum absolute atomic E-state index is 0.181. The van der Waals surface area contributed by atoms with E-state index in [2.05, 4.69) is 39.3 Å². The van der Waals surface area contributed by atoms with Crippen molar-refractivity contribution in [1.82, 2.24) is 20.2 Å². The fourth-order valence-corrected chi connectivity index (χ4v) is 1.70. The van der Waals surface area contributed by atoms with E-state index in [1.807, 2.05) is 6.92 Å². The lowest BCUT2D eigenvalue weighted by Crippen LogP contribution is -2.35. The molecule has 0 spiro atoms. The number of nitrogens with zero attached hydrogens (tertiary/aromatic N) is 3. The van der Waals surface area contributed by atoms with Crippen molar-refractivity contribution < 1.29 is 4.79 Å². The summed E-state index contributed by atoms with van der Waals surface area (Å²) >= 11 is 0. The minimum Gasteiger partial charge on any atom is -0.369 e. The van der Waals surface area contributed by atoms with Gasteiger partial charge in [-0.15, -0.1) is 0 Å². The molecule has 0 aliphatic rings. The highest BCUT2D eigenvalue weighted by Crippen LogP contribution is 2.01. The molecule has 0 fully saturated rings. The molecular formula is C13H23N5O. The highest BCUT2D eigenvalue weighted by atomic mass is 16.1. The topological polar surface area (TPSA) is 70.2 Å². The Bertz CT molecular complexity index is 392. The normalized spacial score (nSPS) is 10.5. The fourth-order valence-electron chi connectivity index (χ4n) is 1.70. The lowest BCUT2D eigenvalue weighted by Gasteiger charge is -2.17. The molecule has 0 aliphatic carbocycles. The molecule has 0 atom stereocenters. The summed E-state index contributed by atoms with van der Waals surface area (Å²) in [6.07, 6.45) is 3.09. The van der Waals surface area contributed by atoms with Gasteiger partial charge in [-0.1, -0.05) is 13.8 Å². The highest BCUT2D eigenvalue weighted by Gasteiger charge is 2.08.